The number of fused-ring (bicyclic) bond motifs is 1. The lowest BCUT2D eigenvalue weighted by atomic mass is 9.81. The molecule has 1 saturated heterocycles. The fraction of sp³-hybridized carbons (Fsp3) is 0.429. The Labute approximate surface area is 211 Å². The third kappa shape index (κ3) is 6.44. The predicted molar refractivity (Wildman–Crippen MR) is 135 cm³/mol. The molecule has 5 rings (SSSR count). The lowest BCUT2D eigenvalue weighted by Crippen LogP contribution is -2.40. The van der Waals surface area contributed by atoms with E-state index in [9.17, 15) is 4.79 Å². The largest absolute Gasteiger partial charge is 0.454 e. The molecule has 8 heteroatoms. The van der Waals surface area contributed by atoms with Crippen molar-refractivity contribution in [2.24, 2.45) is 11.8 Å². The van der Waals surface area contributed by atoms with E-state index in [-0.39, 0.29) is 12.7 Å². The van der Waals surface area contributed by atoms with Crippen LogP contribution < -0.4 is 20.1 Å². The third-order valence-electron chi connectivity index (χ3n) is 6.94. The van der Waals surface area contributed by atoms with Crippen molar-refractivity contribution in [3.63, 3.8) is 0 Å². The summed E-state index contributed by atoms with van der Waals surface area (Å²) in [6.07, 6.45) is 2.30. The number of carbonyl (C=O) groups excluding carboxylic acids is 1. The van der Waals surface area contributed by atoms with E-state index in [4.69, 9.17) is 14.0 Å². The standard InChI is InChI=1S/C28H34N4O4/c1-32(17-20-5-3-2-4-6-20)18-25-14-24(31-36-25)12-23-16-29-10-9-22(23)13-28(33)30-15-21-7-8-26-27(11-21)35-19-34-26/h2-8,11,14,22-23,29H,9-10,12-13,15-19H2,1H3,(H,30,33). The number of ether oxygens (including phenoxy) is 2. The van der Waals surface area contributed by atoms with Crippen LogP contribution >= 0.6 is 0 Å². The number of hydrogen-bond donors (Lipinski definition) is 2. The number of aromatic nitrogens is 1. The van der Waals surface area contributed by atoms with Gasteiger partial charge in [0.2, 0.25) is 12.7 Å². The fourth-order valence-corrected chi connectivity index (χ4v) is 5.06. The molecular formula is C28H34N4O4. The summed E-state index contributed by atoms with van der Waals surface area (Å²) < 4.78 is 16.4. The number of piperidine rings is 1. The van der Waals surface area contributed by atoms with Gasteiger partial charge in [0.15, 0.2) is 17.3 Å². The second-order valence-corrected chi connectivity index (χ2v) is 9.83. The van der Waals surface area contributed by atoms with Gasteiger partial charge in [-0.3, -0.25) is 9.69 Å². The maximum Gasteiger partial charge on any atom is 0.231 e. The molecule has 0 bridgehead atoms. The van der Waals surface area contributed by atoms with E-state index in [2.05, 4.69) is 58.1 Å². The highest BCUT2D eigenvalue weighted by Gasteiger charge is 2.28. The first kappa shape index (κ1) is 24.3. The first-order chi connectivity index (χ1) is 17.6. The molecule has 3 heterocycles. The van der Waals surface area contributed by atoms with Gasteiger partial charge >= 0.3 is 0 Å². The van der Waals surface area contributed by atoms with Gasteiger partial charge in [-0.25, -0.2) is 0 Å². The summed E-state index contributed by atoms with van der Waals surface area (Å²) in [5.41, 5.74) is 3.23. The van der Waals surface area contributed by atoms with E-state index in [0.29, 0.717) is 31.3 Å². The Morgan fingerprint density at radius 2 is 1.92 bits per heavy atom. The van der Waals surface area contributed by atoms with Gasteiger partial charge in [-0.1, -0.05) is 41.6 Å². The normalized spacial score (nSPS) is 18.9. The van der Waals surface area contributed by atoms with Gasteiger partial charge in [0.05, 0.1) is 12.2 Å². The van der Waals surface area contributed by atoms with Crippen molar-refractivity contribution in [1.29, 1.82) is 0 Å². The van der Waals surface area contributed by atoms with Gasteiger partial charge in [0, 0.05) is 25.6 Å². The third-order valence-corrected chi connectivity index (χ3v) is 6.94. The number of nitrogens with one attached hydrogen (secondary N) is 2. The van der Waals surface area contributed by atoms with E-state index in [0.717, 1.165) is 61.0 Å². The zero-order chi connectivity index (χ0) is 24.7. The Balaban J connectivity index is 1.11. The van der Waals surface area contributed by atoms with Gasteiger partial charge < -0.3 is 24.6 Å². The lowest BCUT2D eigenvalue weighted by molar-refractivity contribution is -0.122. The van der Waals surface area contributed by atoms with E-state index in [1.54, 1.807) is 0 Å². The fourth-order valence-electron chi connectivity index (χ4n) is 5.06. The number of hydrogen-bond acceptors (Lipinski definition) is 7. The van der Waals surface area contributed by atoms with Crippen LogP contribution in [0.1, 0.15) is 35.4 Å². The Kier molecular flexibility index (Phi) is 7.83. The molecule has 1 fully saturated rings. The quantitative estimate of drug-likeness (QED) is 0.450. The van der Waals surface area contributed by atoms with Crippen LogP contribution in [0, 0.1) is 11.8 Å². The molecule has 36 heavy (non-hydrogen) atoms. The van der Waals surface area contributed by atoms with Crippen LogP contribution in [0.2, 0.25) is 0 Å². The van der Waals surface area contributed by atoms with Crippen molar-refractivity contribution < 1.29 is 18.8 Å². The molecule has 2 N–H and O–H groups in total. The number of rotatable bonds is 10. The SMILES string of the molecule is CN(Cc1ccccc1)Cc1cc(CC2CNCCC2CC(=O)NCc2ccc3c(c2)OCO3)no1. The molecule has 8 nitrogen and oxygen atoms in total. The molecule has 2 aliphatic heterocycles. The Bertz CT molecular complexity index is 1150. The topological polar surface area (TPSA) is 88.9 Å². The summed E-state index contributed by atoms with van der Waals surface area (Å²) in [6, 6.07) is 18.2. The van der Waals surface area contributed by atoms with Crippen LogP contribution in [-0.4, -0.2) is 42.9 Å². The highest BCUT2D eigenvalue weighted by Crippen LogP contribution is 2.32. The van der Waals surface area contributed by atoms with Crippen molar-refractivity contribution in [3.05, 3.63) is 77.2 Å². The molecule has 2 aromatic carbocycles. The minimum absolute atomic E-state index is 0.0768. The van der Waals surface area contributed by atoms with Crippen molar-refractivity contribution in [2.45, 2.75) is 38.9 Å². The van der Waals surface area contributed by atoms with Gasteiger partial charge in [-0.15, -0.1) is 0 Å². The minimum atomic E-state index is 0.0768. The summed E-state index contributed by atoms with van der Waals surface area (Å²) in [5, 5.41) is 10.9. The number of amides is 1. The summed E-state index contributed by atoms with van der Waals surface area (Å²) >= 11 is 0. The Hall–Kier alpha value is -3.36. The van der Waals surface area contributed by atoms with Crippen LogP contribution in [0.15, 0.2) is 59.1 Å². The molecule has 2 unspecified atom stereocenters. The molecule has 0 spiro atoms. The van der Waals surface area contributed by atoms with Crippen LogP contribution in [0.4, 0.5) is 0 Å². The monoisotopic (exact) mass is 490 g/mol. The summed E-state index contributed by atoms with van der Waals surface area (Å²) in [7, 11) is 2.08. The van der Waals surface area contributed by atoms with Crippen molar-refractivity contribution in [1.82, 2.24) is 20.7 Å². The zero-order valence-electron chi connectivity index (χ0n) is 20.7. The minimum Gasteiger partial charge on any atom is -0.454 e. The lowest BCUT2D eigenvalue weighted by Gasteiger charge is -2.31. The molecule has 1 aromatic heterocycles. The van der Waals surface area contributed by atoms with Gasteiger partial charge in [0.1, 0.15) is 0 Å². The van der Waals surface area contributed by atoms with E-state index in [1.807, 2.05) is 24.3 Å². The maximum absolute atomic E-state index is 12.8. The average molecular weight is 491 g/mol. The summed E-state index contributed by atoms with van der Waals surface area (Å²) in [4.78, 5) is 15.0. The van der Waals surface area contributed by atoms with Crippen LogP contribution in [-0.2, 0) is 30.8 Å². The van der Waals surface area contributed by atoms with Crippen LogP contribution in [0.5, 0.6) is 11.5 Å². The molecule has 2 aliphatic rings. The first-order valence-corrected chi connectivity index (χ1v) is 12.7. The second kappa shape index (κ2) is 11.6. The van der Waals surface area contributed by atoms with Gasteiger partial charge in [0.25, 0.3) is 0 Å². The van der Waals surface area contributed by atoms with Gasteiger partial charge in [-0.05, 0) is 68.1 Å². The smallest absolute Gasteiger partial charge is 0.231 e. The first-order valence-electron chi connectivity index (χ1n) is 12.7. The molecular weight excluding hydrogens is 456 g/mol. The molecule has 3 aromatic rings. The number of nitrogens with zero attached hydrogens (tertiary/aromatic N) is 2. The Morgan fingerprint density at radius 1 is 1.06 bits per heavy atom. The highest BCUT2D eigenvalue weighted by molar-refractivity contribution is 5.76. The van der Waals surface area contributed by atoms with Crippen molar-refractivity contribution in [2.75, 3.05) is 26.9 Å². The second-order valence-electron chi connectivity index (χ2n) is 9.83. The van der Waals surface area contributed by atoms with E-state index >= 15 is 0 Å². The van der Waals surface area contributed by atoms with Crippen LogP contribution in [0.3, 0.4) is 0 Å². The van der Waals surface area contributed by atoms with E-state index < -0.39 is 0 Å². The van der Waals surface area contributed by atoms with Crippen LogP contribution in [0.25, 0.3) is 0 Å². The zero-order valence-corrected chi connectivity index (χ0v) is 20.7. The molecule has 0 aliphatic carbocycles. The summed E-state index contributed by atoms with van der Waals surface area (Å²) in [6.45, 7) is 4.11. The molecule has 0 saturated carbocycles. The number of carbonyl (C=O) groups is 1. The summed E-state index contributed by atoms with van der Waals surface area (Å²) in [5.74, 6) is 3.08. The molecule has 190 valence electrons. The number of benzene rings is 2. The highest BCUT2D eigenvalue weighted by atomic mass is 16.7. The Morgan fingerprint density at radius 3 is 2.81 bits per heavy atom. The average Bonchev–Trinajstić information content (AvgIpc) is 3.53. The van der Waals surface area contributed by atoms with Gasteiger partial charge in [-0.2, -0.15) is 0 Å². The molecule has 0 radical (unpaired) electrons. The predicted octanol–water partition coefficient (Wildman–Crippen LogP) is 3.51. The van der Waals surface area contributed by atoms with Crippen molar-refractivity contribution >= 4 is 5.91 Å². The van der Waals surface area contributed by atoms with Crippen molar-refractivity contribution in [3.8, 4) is 11.5 Å². The molecule has 2 atom stereocenters. The molecule has 1 amide bonds. The maximum atomic E-state index is 12.8. The van der Waals surface area contributed by atoms with E-state index in [1.165, 1.54) is 5.56 Å².